The summed E-state index contributed by atoms with van der Waals surface area (Å²) in [6.45, 7) is 20.5. The number of carbonyl (C=O) groups is 1. The molecule has 0 radical (unpaired) electrons. The molecule has 1 amide bonds. The summed E-state index contributed by atoms with van der Waals surface area (Å²) >= 11 is 0. The van der Waals surface area contributed by atoms with Gasteiger partial charge in [0.05, 0.1) is 19.3 Å². The highest BCUT2D eigenvalue weighted by Crippen LogP contribution is 2.42. The molecule has 1 rings (SSSR count). The Balaban J connectivity index is 2.86. The van der Waals surface area contributed by atoms with Crippen molar-refractivity contribution in [3.8, 4) is 0 Å². The number of carbonyl (C=O) groups excluding carboxylic acids is 1. The second-order valence-corrected chi connectivity index (χ2v) is 15.4. The lowest BCUT2D eigenvalue weighted by atomic mass is 10.2. The first-order valence-electron chi connectivity index (χ1n) is 11.1. The van der Waals surface area contributed by atoms with Crippen molar-refractivity contribution < 1.29 is 18.7 Å². The fourth-order valence-corrected chi connectivity index (χ4v) is 9.68. The minimum absolute atomic E-state index is 0.249. The first-order valence-corrected chi connectivity index (χ1v) is 13.3. The lowest BCUT2D eigenvalue weighted by molar-refractivity contribution is 0.00167. The SMILES string of the molecule is CC(C)[Si](OCC(CNC(=O)OC(C)(C)C)OCc1ccccc1)(C(C)C)C(C)C. The van der Waals surface area contributed by atoms with E-state index in [0.717, 1.165) is 5.56 Å². The molecule has 0 aromatic heterocycles. The predicted octanol–water partition coefficient (Wildman–Crippen LogP) is 6.29. The molecule has 0 heterocycles. The van der Waals surface area contributed by atoms with E-state index in [2.05, 4.69) is 46.9 Å². The topological polar surface area (TPSA) is 56.8 Å². The van der Waals surface area contributed by atoms with Crippen molar-refractivity contribution in [1.29, 1.82) is 0 Å². The van der Waals surface area contributed by atoms with Gasteiger partial charge >= 0.3 is 6.09 Å². The maximum atomic E-state index is 12.1. The van der Waals surface area contributed by atoms with Gasteiger partial charge in [-0.1, -0.05) is 71.9 Å². The number of ether oxygens (including phenoxy) is 2. The molecule has 0 aliphatic heterocycles. The van der Waals surface area contributed by atoms with Gasteiger partial charge in [-0.15, -0.1) is 0 Å². The van der Waals surface area contributed by atoms with Crippen molar-refractivity contribution in [1.82, 2.24) is 5.32 Å². The highest BCUT2D eigenvalue weighted by molar-refractivity contribution is 6.77. The van der Waals surface area contributed by atoms with Gasteiger partial charge in [-0.05, 0) is 43.0 Å². The van der Waals surface area contributed by atoms with Crippen LogP contribution in [0, 0.1) is 0 Å². The van der Waals surface area contributed by atoms with E-state index in [4.69, 9.17) is 13.9 Å². The monoisotopic (exact) mass is 437 g/mol. The summed E-state index contributed by atoms with van der Waals surface area (Å²) in [5.41, 5.74) is 2.04. The van der Waals surface area contributed by atoms with Gasteiger partial charge in [-0.2, -0.15) is 0 Å². The summed E-state index contributed by atoms with van der Waals surface area (Å²) < 4.78 is 18.3. The Labute approximate surface area is 185 Å². The van der Waals surface area contributed by atoms with E-state index in [-0.39, 0.29) is 6.10 Å². The number of nitrogens with one attached hydrogen (secondary N) is 1. The van der Waals surface area contributed by atoms with Crippen LogP contribution in [0.15, 0.2) is 30.3 Å². The molecule has 6 heteroatoms. The Morgan fingerprint density at radius 2 is 1.50 bits per heavy atom. The average Bonchev–Trinajstić information content (AvgIpc) is 2.62. The van der Waals surface area contributed by atoms with Crippen LogP contribution in [0.5, 0.6) is 0 Å². The van der Waals surface area contributed by atoms with Gasteiger partial charge in [-0.25, -0.2) is 4.79 Å². The van der Waals surface area contributed by atoms with Crippen LogP contribution >= 0.6 is 0 Å². The van der Waals surface area contributed by atoms with Gasteiger partial charge < -0.3 is 19.2 Å². The highest BCUT2D eigenvalue weighted by Gasteiger charge is 2.45. The molecule has 30 heavy (non-hydrogen) atoms. The molecule has 0 saturated carbocycles. The van der Waals surface area contributed by atoms with Crippen molar-refractivity contribution >= 4 is 14.4 Å². The summed E-state index contributed by atoms with van der Waals surface area (Å²) in [7, 11) is -2.02. The van der Waals surface area contributed by atoms with Crippen LogP contribution in [0.25, 0.3) is 0 Å². The van der Waals surface area contributed by atoms with Gasteiger partial charge in [0.2, 0.25) is 0 Å². The van der Waals surface area contributed by atoms with Gasteiger partial charge in [-0.3, -0.25) is 0 Å². The van der Waals surface area contributed by atoms with Crippen LogP contribution in [0.3, 0.4) is 0 Å². The number of alkyl carbamates (subject to hydrolysis) is 1. The van der Waals surface area contributed by atoms with Crippen molar-refractivity contribution in [2.75, 3.05) is 13.2 Å². The molecule has 0 bridgehead atoms. The van der Waals surface area contributed by atoms with Crippen LogP contribution in [0.4, 0.5) is 4.79 Å². The number of hydrogen-bond donors (Lipinski definition) is 1. The molecule has 0 fully saturated rings. The minimum Gasteiger partial charge on any atom is -0.444 e. The van der Waals surface area contributed by atoms with E-state index in [1.54, 1.807) is 0 Å². The summed E-state index contributed by atoms with van der Waals surface area (Å²) in [6, 6.07) is 10.1. The zero-order chi connectivity index (χ0) is 22.9. The van der Waals surface area contributed by atoms with E-state index in [9.17, 15) is 4.79 Å². The molecule has 1 aromatic rings. The fraction of sp³-hybridized carbons (Fsp3) is 0.708. The molecule has 1 N–H and O–H groups in total. The van der Waals surface area contributed by atoms with Gasteiger partial charge in [0, 0.05) is 6.54 Å². The van der Waals surface area contributed by atoms with Gasteiger partial charge in [0.15, 0.2) is 8.32 Å². The third-order valence-corrected chi connectivity index (χ3v) is 11.5. The number of benzene rings is 1. The van der Waals surface area contributed by atoms with Crippen molar-refractivity contribution in [2.24, 2.45) is 0 Å². The summed E-state index contributed by atoms with van der Waals surface area (Å²) in [4.78, 5) is 12.1. The Kier molecular flexibility index (Phi) is 10.5. The summed E-state index contributed by atoms with van der Waals surface area (Å²) in [5.74, 6) is 0. The smallest absolute Gasteiger partial charge is 0.407 e. The van der Waals surface area contributed by atoms with E-state index in [0.29, 0.717) is 36.4 Å². The summed E-state index contributed by atoms with van der Waals surface area (Å²) in [6.07, 6.45) is -0.684. The lowest BCUT2D eigenvalue weighted by Gasteiger charge is -2.43. The van der Waals surface area contributed by atoms with Crippen LogP contribution in [0.1, 0.15) is 67.9 Å². The molecule has 1 unspecified atom stereocenters. The maximum absolute atomic E-state index is 12.1. The zero-order valence-corrected chi connectivity index (χ0v) is 21.5. The van der Waals surface area contributed by atoms with E-state index < -0.39 is 20.0 Å². The predicted molar refractivity (Wildman–Crippen MR) is 126 cm³/mol. The third-order valence-electron chi connectivity index (χ3n) is 5.43. The maximum Gasteiger partial charge on any atom is 0.407 e. The lowest BCUT2D eigenvalue weighted by Crippen LogP contribution is -2.50. The third kappa shape index (κ3) is 8.40. The Morgan fingerprint density at radius 1 is 0.967 bits per heavy atom. The molecule has 0 aliphatic rings. The van der Waals surface area contributed by atoms with Crippen LogP contribution < -0.4 is 5.32 Å². The molecule has 172 valence electrons. The Hall–Kier alpha value is -1.37. The largest absolute Gasteiger partial charge is 0.444 e. The molecule has 0 aliphatic carbocycles. The molecule has 5 nitrogen and oxygen atoms in total. The summed E-state index contributed by atoms with van der Waals surface area (Å²) in [5, 5.41) is 2.85. The van der Waals surface area contributed by atoms with Crippen molar-refractivity contribution in [2.45, 2.75) is 97.2 Å². The van der Waals surface area contributed by atoms with E-state index in [1.165, 1.54) is 0 Å². The van der Waals surface area contributed by atoms with Crippen LogP contribution in [-0.2, 0) is 20.5 Å². The van der Waals surface area contributed by atoms with Crippen LogP contribution in [0.2, 0.25) is 16.6 Å². The fourth-order valence-electron chi connectivity index (χ4n) is 4.20. The highest BCUT2D eigenvalue weighted by atomic mass is 28.4. The molecular weight excluding hydrogens is 394 g/mol. The van der Waals surface area contributed by atoms with E-state index >= 15 is 0 Å². The van der Waals surface area contributed by atoms with E-state index in [1.807, 2.05) is 51.1 Å². The normalized spacial score (nSPS) is 13.7. The molecule has 0 spiro atoms. The van der Waals surface area contributed by atoms with Gasteiger partial charge in [0.1, 0.15) is 5.60 Å². The van der Waals surface area contributed by atoms with Crippen LogP contribution in [-0.4, -0.2) is 39.3 Å². The average molecular weight is 438 g/mol. The zero-order valence-electron chi connectivity index (χ0n) is 20.5. The molecule has 0 saturated heterocycles. The standard InChI is InChI=1S/C24H43NO4Si/c1-18(2)30(19(3)4,20(5)6)28-17-22(15-25-23(26)29-24(7,8)9)27-16-21-13-11-10-12-14-21/h10-14,18-20,22H,15-17H2,1-9H3,(H,25,26). The minimum atomic E-state index is -2.02. The Bertz CT molecular complexity index is 604. The van der Waals surface area contributed by atoms with Gasteiger partial charge in [0.25, 0.3) is 0 Å². The van der Waals surface area contributed by atoms with Crippen molar-refractivity contribution in [3.05, 3.63) is 35.9 Å². The molecular formula is C24H43NO4Si. The first kappa shape index (κ1) is 26.7. The first-order chi connectivity index (χ1) is 13.9. The number of amides is 1. The Morgan fingerprint density at radius 3 is 1.97 bits per heavy atom. The number of hydrogen-bond acceptors (Lipinski definition) is 4. The number of rotatable bonds is 11. The van der Waals surface area contributed by atoms with Crippen molar-refractivity contribution in [3.63, 3.8) is 0 Å². The second kappa shape index (κ2) is 11.9. The quantitative estimate of drug-likeness (QED) is 0.413. The molecule has 1 aromatic carbocycles. The molecule has 1 atom stereocenters. The second-order valence-electron chi connectivity index (χ2n) is 9.93.